The van der Waals surface area contributed by atoms with Gasteiger partial charge in [-0.3, -0.25) is 9.59 Å². The van der Waals surface area contributed by atoms with E-state index >= 15 is 0 Å². The highest BCUT2D eigenvalue weighted by Crippen LogP contribution is 2.18. The van der Waals surface area contributed by atoms with Crippen LogP contribution in [0.15, 0.2) is 0 Å². The van der Waals surface area contributed by atoms with Crippen LogP contribution in [0.4, 0.5) is 0 Å². The van der Waals surface area contributed by atoms with Crippen LogP contribution < -0.4 is 5.32 Å². The van der Waals surface area contributed by atoms with Crippen LogP contribution in [-0.4, -0.2) is 25.5 Å². The number of amides is 1. The van der Waals surface area contributed by atoms with Gasteiger partial charge in [-0.05, 0) is 18.8 Å². The van der Waals surface area contributed by atoms with Crippen molar-refractivity contribution < 1.29 is 14.3 Å². The third-order valence-electron chi connectivity index (χ3n) is 2.34. The number of ether oxygens (including phenoxy) is 1. The van der Waals surface area contributed by atoms with E-state index in [4.69, 9.17) is 0 Å². The topological polar surface area (TPSA) is 55.4 Å². The van der Waals surface area contributed by atoms with Crippen LogP contribution in [0.1, 0.15) is 25.7 Å². The van der Waals surface area contributed by atoms with Gasteiger partial charge in [0.2, 0.25) is 5.91 Å². The third kappa shape index (κ3) is 3.44. The molecule has 1 aliphatic heterocycles. The Morgan fingerprint density at radius 3 is 3.08 bits per heavy atom. The summed E-state index contributed by atoms with van der Waals surface area (Å²) in [4.78, 5) is 21.9. The summed E-state index contributed by atoms with van der Waals surface area (Å²) in [5.41, 5.74) is 0. The van der Waals surface area contributed by atoms with Crippen molar-refractivity contribution in [2.75, 3.05) is 13.7 Å². The molecule has 0 aromatic rings. The monoisotopic (exact) mass is 185 g/mol. The van der Waals surface area contributed by atoms with E-state index in [2.05, 4.69) is 10.1 Å². The summed E-state index contributed by atoms with van der Waals surface area (Å²) >= 11 is 0. The molecule has 1 fully saturated rings. The summed E-state index contributed by atoms with van der Waals surface area (Å²) in [6, 6.07) is 0. The van der Waals surface area contributed by atoms with E-state index in [0.717, 1.165) is 12.8 Å². The largest absolute Gasteiger partial charge is 0.469 e. The zero-order valence-corrected chi connectivity index (χ0v) is 7.84. The van der Waals surface area contributed by atoms with Crippen molar-refractivity contribution in [3.8, 4) is 0 Å². The number of methoxy groups -OCH3 is 1. The molecule has 4 heteroatoms. The highest BCUT2D eigenvalue weighted by atomic mass is 16.5. The van der Waals surface area contributed by atoms with E-state index < -0.39 is 0 Å². The first-order chi connectivity index (χ1) is 6.22. The first kappa shape index (κ1) is 10.0. The molecule has 1 unspecified atom stereocenters. The number of rotatable bonds is 2. The average molecular weight is 185 g/mol. The van der Waals surface area contributed by atoms with Crippen LogP contribution in [0.3, 0.4) is 0 Å². The van der Waals surface area contributed by atoms with Gasteiger partial charge in [0.05, 0.1) is 7.11 Å². The van der Waals surface area contributed by atoms with Crippen LogP contribution in [0.25, 0.3) is 0 Å². The van der Waals surface area contributed by atoms with Crippen LogP contribution >= 0.6 is 0 Å². The van der Waals surface area contributed by atoms with Gasteiger partial charge in [-0.15, -0.1) is 0 Å². The molecule has 1 saturated heterocycles. The van der Waals surface area contributed by atoms with E-state index in [9.17, 15) is 9.59 Å². The Balaban J connectivity index is 2.33. The minimum absolute atomic E-state index is 0.0902. The number of hydrogen-bond acceptors (Lipinski definition) is 3. The SMILES string of the molecule is COC(=O)CC1CCNC(=O)CC1. The Labute approximate surface area is 77.6 Å². The normalized spacial score (nSPS) is 23.2. The highest BCUT2D eigenvalue weighted by molar-refractivity contribution is 5.76. The lowest BCUT2D eigenvalue weighted by Crippen LogP contribution is -2.21. The third-order valence-corrected chi connectivity index (χ3v) is 2.34. The second-order valence-electron chi connectivity index (χ2n) is 3.32. The Hall–Kier alpha value is -1.06. The van der Waals surface area contributed by atoms with Crippen molar-refractivity contribution in [1.82, 2.24) is 5.32 Å². The van der Waals surface area contributed by atoms with Crippen LogP contribution in [0.2, 0.25) is 0 Å². The molecule has 1 amide bonds. The van der Waals surface area contributed by atoms with E-state index in [1.807, 2.05) is 0 Å². The Bertz CT molecular complexity index is 203. The molecule has 1 aliphatic rings. The number of hydrogen-bond donors (Lipinski definition) is 1. The van der Waals surface area contributed by atoms with Crippen LogP contribution in [0, 0.1) is 5.92 Å². The number of esters is 1. The average Bonchev–Trinajstić information content (AvgIpc) is 2.31. The number of nitrogens with one attached hydrogen (secondary N) is 1. The summed E-state index contributed by atoms with van der Waals surface area (Å²) < 4.78 is 4.58. The van der Waals surface area contributed by atoms with Crippen molar-refractivity contribution in [3.63, 3.8) is 0 Å². The standard InChI is InChI=1S/C9H15NO3/c1-13-9(12)6-7-2-3-8(11)10-5-4-7/h7H,2-6H2,1H3,(H,10,11). The van der Waals surface area contributed by atoms with Gasteiger partial charge in [0.25, 0.3) is 0 Å². The molecule has 0 radical (unpaired) electrons. The molecule has 0 saturated carbocycles. The van der Waals surface area contributed by atoms with Gasteiger partial charge in [-0.1, -0.05) is 0 Å². The molecule has 74 valence electrons. The number of carbonyl (C=O) groups excluding carboxylic acids is 2. The van der Waals surface area contributed by atoms with Crippen LogP contribution in [0.5, 0.6) is 0 Å². The first-order valence-corrected chi connectivity index (χ1v) is 4.56. The molecule has 0 aliphatic carbocycles. The van der Waals surface area contributed by atoms with Crippen molar-refractivity contribution >= 4 is 11.9 Å². The van der Waals surface area contributed by atoms with Crippen LogP contribution in [-0.2, 0) is 14.3 Å². The molecule has 13 heavy (non-hydrogen) atoms. The smallest absolute Gasteiger partial charge is 0.305 e. The first-order valence-electron chi connectivity index (χ1n) is 4.56. The summed E-state index contributed by atoms with van der Waals surface area (Å²) in [6.45, 7) is 0.681. The van der Waals surface area contributed by atoms with Crippen molar-refractivity contribution in [2.45, 2.75) is 25.7 Å². The van der Waals surface area contributed by atoms with E-state index in [1.54, 1.807) is 0 Å². The Morgan fingerprint density at radius 1 is 1.62 bits per heavy atom. The molecule has 0 bridgehead atoms. The molecular weight excluding hydrogens is 170 g/mol. The van der Waals surface area contributed by atoms with Gasteiger partial charge in [-0.25, -0.2) is 0 Å². The van der Waals surface area contributed by atoms with E-state index in [-0.39, 0.29) is 11.9 Å². The number of carbonyl (C=O) groups is 2. The van der Waals surface area contributed by atoms with Gasteiger partial charge < -0.3 is 10.1 Å². The maximum absolute atomic E-state index is 11.0. The van der Waals surface area contributed by atoms with E-state index in [1.165, 1.54) is 7.11 Å². The molecule has 0 aromatic heterocycles. The minimum atomic E-state index is -0.181. The Kier molecular flexibility index (Phi) is 3.73. The molecule has 0 aromatic carbocycles. The zero-order valence-electron chi connectivity index (χ0n) is 7.84. The fraction of sp³-hybridized carbons (Fsp3) is 0.778. The van der Waals surface area contributed by atoms with Gasteiger partial charge in [0.15, 0.2) is 0 Å². The van der Waals surface area contributed by atoms with Gasteiger partial charge in [-0.2, -0.15) is 0 Å². The zero-order chi connectivity index (χ0) is 9.68. The second-order valence-corrected chi connectivity index (χ2v) is 3.32. The summed E-state index contributed by atoms with van der Waals surface area (Å²) in [5.74, 6) is 0.207. The summed E-state index contributed by atoms with van der Waals surface area (Å²) in [5, 5.41) is 2.77. The van der Waals surface area contributed by atoms with Gasteiger partial charge in [0, 0.05) is 19.4 Å². The van der Waals surface area contributed by atoms with Crippen molar-refractivity contribution in [1.29, 1.82) is 0 Å². The van der Waals surface area contributed by atoms with Crippen molar-refractivity contribution in [2.24, 2.45) is 5.92 Å². The van der Waals surface area contributed by atoms with E-state index in [0.29, 0.717) is 25.3 Å². The second kappa shape index (κ2) is 4.84. The quantitative estimate of drug-likeness (QED) is 0.636. The molecule has 1 rings (SSSR count). The Morgan fingerprint density at radius 2 is 2.38 bits per heavy atom. The molecule has 4 nitrogen and oxygen atoms in total. The van der Waals surface area contributed by atoms with Crippen molar-refractivity contribution in [3.05, 3.63) is 0 Å². The fourth-order valence-corrected chi connectivity index (χ4v) is 1.51. The highest BCUT2D eigenvalue weighted by Gasteiger charge is 2.18. The summed E-state index contributed by atoms with van der Waals surface area (Å²) in [6.07, 6.45) is 2.63. The maximum Gasteiger partial charge on any atom is 0.305 e. The predicted octanol–water partition coefficient (Wildman–Crippen LogP) is 0.466. The maximum atomic E-state index is 11.0. The molecular formula is C9H15NO3. The molecule has 1 heterocycles. The van der Waals surface area contributed by atoms with Gasteiger partial charge in [0.1, 0.15) is 0 Å². The lowest BCUT2D eigenvalue weighted by molar-refractivity contribution is -0.141. The van der Waals surface area contributed by atoms with Gasteiger partial charge >= 0.3 is 5.97 Å². The lowest BCUT2D eigenvalue weighted by Gasteiger charge is -2.10. The minimum Gasteiger partial charge on any atom is -0.469 e. The summed E-state index contributed by atoms with van der Waals surface area (Å²) in [7, 11) is 1.39. The molecule has 1 N–H and O–H groups in total. The predicted molar refractivity (Wildman–Crippen MR) is 47.0 cm³/mol. The molecule has 1 atom stereocenters. The molecule has 0 spiro atoms. The fourth-order valence-electron chi connectivity index (χ4n) is 1.51. The lowest BCUT2D eigenvalue weighted by atomic mass is 9.97.